The fourth-order valence-corrected chi connectivity index (χ4v) is 2.18. The van der Waals surface area contributed by atoms with Gasteiger partial charge in [0, 0.05) is 18.5 Å². The van der Waals surface area contributed by atoms with Crippen LogP contribution in [0.1, 0.15) is 42.6 Å². The van der Waals surface area contributed by atoms with Crippen LogP contribution in [0.15, 0.2) is 24.3 Å². The summed E-state index contributed by atoms with van der Waals surface area (Å²) >= 11 is 0. The van der Waals surface area contributed by atoms with Gasteiger partial charge in [0.15, 0.2) is 5.78 Å². The highest BCUT2D eigenvalue weighted by atomic mass is 16.2. The third-order valence-electron chi connectivity index (χ3n) is 3.26. The minimum Gasteiger partial charge on any atom is -0.327 e. The first-order valence-corrected chi connectivity index (χ1v) is 6.47. The molecule has 0 radical (unpaired) electrons. The van der Waals surface area contributed by atoms with Gasteiger partial charge < -0.3 is 4.90 Å². The molecule has 0 saturated heterocycles. The fraction of sp³-hybridized carbons (Fsp3) is 0.467. The maximum atomic E-state index is 12.0. The second-order valence-corrected chi connectivity index (χ2v) is 5.29. The van der Waals surface area contributed by atoms with Gasteiger partial charge in [-0.1, -0.05) is 32.0 Å². The summed E-state index contributed by atoms with van der Waals surface area (Å²) in [5.74, 6) is 0.675. The molecular weight excluding hydrogens is 226 g/mol. The third-order valence-corrected chi connectivity index (χ3v) is 3.26. The van der Waals surface area contributed by atoms with Crippen molar-refractivity contribution >= 4 is 11.7 Å². The van der Waals surface area contributed by atoms with Gasteiger partial charge in [-0.05, 0) is 24.0 Å². The zero-order chi connectivity index (χ0) is 13.1. The molecule has 3 nitrogen and oxygen atoms in total. The van der Waals surface area contributed by atoms with E-state index >= 15 is 0 Å². The molecule has 96 valence electrons. The molecule has 1 heterocycles. The Hall–Kier alpha value is -1.64. The van der Waals surface area contributed by atoms with Gasteiger partial charge in [-0.25, -0.2) is 0 Å². The first kappa shape index (κ1) is 12.8. The van der Waals surface area contributed by atoms with Gasteiger partial charge in [-0.15, -0.1) is 0 Å². The molecule has 0 fully saturated rings. The Morgan fingerprint density at radius 1 is 1.33 bits per heavy atom. The quantitative estimate of drug-likeness (QED) is 0.799. The standard InChI is InChI=1S/C15H19NO2/c1-11(2)7-8-13(17)10-16-9-12-5-3-4-6-14(12)15(16)18/h3-6,11H,7-10H2,1-2H3. The number of rotatable bonds is 5. The molecule has 18 heavy (non-hydrogen) atoms. The van der Waals surface area contributed by atoms with Crippen LogP contribution in [0.4, 0.5) is 0 Å². The molecule has 1 aromatic carbocycles. The maximum absolute atomic E-state index is 12.0. The molecule has 3 heteroatoms. The normalized spacial score (nSPS) is 14.2. The molecule has 1 aliphatic heterocycles. The van der Waals surface area contributed by atoms with Crippen LogP contribution in [-0.2, 0) is 11.3 Å². The van der Waals surface area contributed by atoms with Crippen LogP contribution in [0.5, 0.6) is 0 Å². The van der Waals surface area contributed by atoms with Crippen molar-refractivity contribution in [2.24, 2.45) is 5.92 Å². The summed E-state index contributed by atoms with van der Waals surface area (Å²) in [4.78, 5) is 25.5. The van der Waals surface area contributed by atoms with E-state index in [1.807, 2.05) is 24.3 Å². The van der Waals surface area contributed by atoms with Crippen molar-refractivity contribution in [2.75, 3.05) is 6.54 Å². The van der Waals surface area contributed by atoms with Crippen LogP contribution in [0.25, 0.3) is 0 Å². The van der Waals surface area contributed by atoms with Gasteiger partial charge in [0.2, 0.25) is 0 Å². The highest BCUT2D eigenvalue weighted by Crippen LogP contribution is 2.22. The average Bonchev–Trinajstić information content (AvgIpc) is 2.65. The number of amides is 1. The predicted octanol–water partition coefficient (Wildman–Crippen LogP) is 2.65. The summed E-state index contributed by atoms with van der Waals surface area (Å²) < 4.78 is 0. The SMILES string of the molecule is CC(C)CCC(=O)CN1Cc2ccccc2C1=O. The Balaban J connectivity index is 1.94. The summed E-state index contributed by atoms with van der Waals surface area (Å²) in [7, 11) is 0. The topological polar surface area (TPSA) is 37.4 Å². The second-order valence-electron chi connectivity index (χ2n) is 5.29. The first-order valence-electron chi connectivity index (χ1n) is 6.47. The zero-order valence-corrected chi connectivity index (χ0v) is 11.0. The molecule has 0 saturated carbocycles. The summed E-state index contributed by atoms with van der Waals surface area (Å²) in [5.41, 5.74) is 1.77. The van der Waals surface area contributed by atoms with Crippen LogP contribution in [0, 0.1) is 5.92 Å². The van der Waals surface area contributed by atoms with Crippen molar-refractivity contribution in [3.63, 3.8) is 0 Å². The van der Waals surface area contributed by atoms with Gasteiger partial charge >= 0.3 is 0 Å². The van der Waals surface area contributed by atoms with E-state index in [1.54, 1.807) is 4.90 Å². The van der Waals surface area contributed by atoms with Crippen molar-refractivity contribution < 1.29 is 9.59 Å². The van der Waals surface area contributed by atoms with E-state index in [-0.39, 0.29) is 18.2 Å². The molecule has 1 amide bonds. The Kier molecular flexibility index (Phi) is 3.80. The summed E-state index contributed by atoms with van der Waals surface area (Å²) in [6.45, 7) is 5.02. The lowest BCUT2D eigenvalue weighted by Crippen LogP contribution is -2.30. The van der Waals surface area contributed by atoms with E-state index in [2.05, 4.69) is 13.8 Å². The Labute approximate surface area is 108 Å². The Bertz CT molecular complexity index is 465. The van der Waals surface area contributed by atoms with Crippen molar-refractivity contribution in [2.45, 2.75) is 33.2 Å². The lowest BCUT2D eigenvalue weighted by Gasteiger charge is -2.14. The molecule has 0 N–H and O–H groups in total. The Morgan fingerprint density at radius 2 is 2.06 bits per heavy atom. The molecule has 1 aliphatic rings. The number of nitrogens with zero attached hydrogens (tertiary/aromatic N) is 1. The molecule has 0 atom stereocenters. The lowest BCUT2D eigenvalue weighted by molar-refractivity contribution is -0.120. The fourth-order valence-electron chi connectivity index (χ4n) is 2.18. The van der Waals surface area contributed by atoms with Crippen LogP contribution >= 0.6 is 0 Å². The van der Waals surface area contributed by atoms with Crippen LogP contribution < -0.4 is 0 Å². The van der Waals surface area contributed by atoms with Crippen molar-refractivity contribution in [3.05, 3.63) is 35.4 Å². The number of benzene rings is 1. The van der Waals surface area contributed by atoms with E-state index in [4.69, 9.17) is 0 Å². The predicted molar refractivity (Wildman–Crippen MR) is 70.3 cm³/mol. The average molecular weight is 245 g/mol. The van der Waals surface area contributed by atoms with Gasteiger partial charge in [0.1, 0.15) is 0 Å². The van der Waals surface area contributed by atoms with Gasteiger partial charge in [-0.2, -0.15) is 0 Å². The number of carbonyl (C=O) groups excluding carboxylic acids is 2. The molecule has 0 bridgehead atoms. The number of hydrogen-bond donors (Lipinski definition) is 0. The van der Waals surface area contributed by atoms with Crippen LogP contribution in [0.3, 0.4) is 0 Å². The summed E-state index contributed by atoms with van der Waals surface area (Å²) in [6.07, 6.45) is 1.46. The van der Waals surface area contributed by atoms with E-state index in [0.717, 1.165) is 17.5 Å². The molecular formula is C15H19NO2. The number of ketones is 1. The van der Waals surface area contributed by atoms with Gasteiger partial charge in [-0.3, -0.25) is 9.59 Å². The molecule has 0 unspecified atom stereocenters. The molecule has 0 aliphatic carbocycles. The van der Waals surface area contributed by atoms with Crippen LogP contribution in [0.2, 0.25) is 0 Å². The monoisotopic (exact) mass is 245 g/mol. The second kappa shape index (κ2) is 5.34. The van der Waals surface area contributed by atoms with E-state index in [1.165, 1.54) is 0 Å². The van der Waals surface area contributed by atoms with E-state index < -0.39 is 0 Å². The van der Waals surface area contributed by atoms with Crippen molar-refractivity contribution in [1.29, 1.82) is 0 Å². The number of carbonyl (C=O) groups is 2. The highest BCUT2D eigenvalue weighted by molar-refractivity contribution is 6.00. The van der Waals surface area contributed by atoms with E-state index in [0.29, 0.717) is 18.9 Å². The smallest absolute Gasteiger partial charge is 0.254 e. The molecule has 2 rings (SSSR count). The molecule has 0 aromatic heterocycles. The zero-order valence-electron chi connectivity index (χ0n) is 11.0. The minimum absolute atomic E-state index is 0.0107. The largest absolute Gasteiger partial charge is 0.327 e. The minimum atomic E-state index is -0.0107. The van der Waals surface area contributed by atoms with Crippen molar-refractivity contribution in [3.8, 4) is 0 Å². The highest BCUT2D eigenvalue weighted by Gasteiger charge is 2.27. The number of hydrogen-bond acceptors (Lipinski definition) is 2. The number of fused-ring (bicyclic) bond motifs is 1. The lowest BCUT2D eigenvalue weighted by atomic mass is 10.1. The van der Waals surface area contributed by atoms with Crippen LogP contribution in [-0.4, -0.2) is 23.1 Å². The van der Waals surface area contributed by atoms with Crippen molar-refractivity contribution in [1.82, 2.24) is 4.90 Å². The molecule has 1 aromatic rings. The molecule has 0 spiro atoms. The summed E-state index contributed by atoms with van der Waals surface area (Å²) in [5, 5.41) is 0. The van der Waals surface area contributed by atoms with Gasteiger partial charge in [0.25, 0.3) is 5.91 Å². The first-order chi connectivity index (χ1) is 8.58. The summed E-state index contributed by atoms with van der Waals surface area (Å²) in [6, 6.07) is 7.57. The Morgan fingerprint density at radius 3 is 2.72 bits per heavy atom. The van der Waals surface area contributed by atoms with Gasteiger partial charge in [0.05, 0.1) is 6.54 Å². The maximum Gasteiger partial charge on any atom is 0.254 e. The third kappa shape index (κ3) is 2.78. The number of Topliss-reactive ketones (excluding diaryl/α,β-unsaturated/α-hetero) is 1. The van der Waals surface area contributed by atoms with E-state index in [9.17, 15) is 9.59 Å².